The first kappa shape index (κ1) is 20.4. The number of thiazole rings is 1. The molecule has 6 nitrogen and oxygen atoms in total. The maximum atomic E-state index is 13.2. The van der Waals surface area contributed by atoms with Gasteiger partial charge in [-0.1, -0.05) is 12.1 Å². The number of halogens is 3. The van der Waals surface area contributed by atoms with Gasteiger partial charge in [-0.2, -0.15) is 18.3 Å². The SMILES string of the molecule is O=C(Nc1nc(-c2ccccn2)cs1)c1cnn(-c2cccc(C(F)(F)F)c2)c1C1CC1. The lowest BCUT2D eigenvalue weighted by Gasteiger charge is -2.12. The molecule has 1 aliphatic carbocycles. The molecule has 1 amide bonds. The third-order valence-corrected chi connectivity index (χ3v) is 5.84. The number of hydrogen-bond donors (Lipinski definition) is 1. The van der Waals surface area contributed by atoms with Crippen molar-refractivity contribution >= 4 is 22.4 Å². The average Bonchev–Trinajstić information content (AvgIpc) is 3.35. The molecule has 5 rings (SSSR count). The Hall–Kier alpha value is -3.53. The molecule has 3 aromatic heterocycles. The molecular weight excluding hydrogens is 439 g/mol. The van der Waals surface area contributed by atoms with Crippen molar-refractivity contribution in [3.63, 3.8) is 0 Å². The molecule has 0 aliphatic heterocycles. The van der Waals surface area contributed by atoms with Crippen LogP contribution in [0.15, 0.2) is 60.2 Å². The van der Waals surface area contributed by atoms with E-state index in [9.17, 15) is 18.0 Å². The monoisotopic (exact) mass is 455 g/mol. The van der Waals surface area contributed by atoms with E-state index in [0.717, 1.165) is 25.0 Å². The molecular formula is C22H16F3N5OS. The Morgan fingerprint density at radius 2 is 1.97 bits per heavy atom. The maximum Gasteiger partial charge on any atom is 0.416 e. The van der Waals surface area contributed by atoms with Crippen LogP contribution in [-0.2, 0) is 6.18 Å². The molecule has 1 N–H and O–H groups in total. The van der Waals surface area contributed by atoms with Gasteiger partial charge in [0.25, 0.3) is 5.91 Å². The summed E-state index contributed by atoms with van der Waals surface area (Å²) >= 11 is 1.27. The summed E-state index contributed by atoms with van der Waals surface area (Å²) in [6.45, 7) is 0. The predicted octanol–water partition coefficient (Wildman–Crippen LogP) is 5.54. The van der Waals surface area contributed by atoms with Crippen LogP contribution in [0.5, 0.6) is 0 Å². The summed E-state index contributed by atoms with van der Waals surface area (Å²) in [6, 6.07) is 10.4. The number of carbonyl (C=O) groups excluding carboxylic acids is 1. The zero-order chi connectivity index (χ0) is 22.3. The summed E-state index contributed by atoms with van der Waals surface area (Å²) in [7, 11) is 0. The van der Waals surface area contributed by atoms with Gasteiger partial charge in [0, 0.05) is 17.5 Å². The lowest BCUT2D eigenvalue weighted by atomic mass is 10.1. The number of nitrogens with one attached hydrogen (secondary N) is 1. The van der Waals surface area contributed by atoms with Crippen molar-refractivity contribution in [3.8, 4) is 17.1 Å². The number of nitrogens with zero attached hydrogens (tertiary/aromatic N) is 4. The van der Waals surface area contributed by atoms with Gasteiger partial charge in [-0.15, -0.1) is 11.3 Å². The number of alkyl halides is 3. The number of amides is 1. The van der Waals surface area contributed by atoms with Gasteiger partial charge in [0.2, 0.25) is 0 Å². The number of benzene rings is 1. The molecule has 0 saturated heterocycles. The molecule has 0 unspecified atom stereocenters. The second-order valence-corrected chi connectivity index (χ2v) is 8.24. The van der Waals surface area contributed by atoms with Crippen LogP contribution in [0, 0.1) is 0 Å². The van der Waals surface area contributed by atoms with E-state index in [1.165, 1.54) is 28.3 Å². The van der Waals surface area contributed by atoms with Crippen molar-refractivity contribution < 1.29 is 18.0 Å². The maximum absolute atomic E-state index is 13.2. The number of hydrogen-bond acceptors (Lipinski definition) is 5. The molecule has 1 aromatic carbocycles. The minimum absolute atomic E-state index is 0.0770. The number of pyridine rings is 1. The first-order valence-electron chi connectivity index (χ1n) is 9.84. The molecule has 10 heteroatoms. The summed E-state index contributed by atoms with van der Waals surface area (Å²) in [5, 5.41) is 9.23. The van der Waals surface area contributed by atoms with E-state index in [1.807, 2.05) is 12.1 Å². The lowest BCUT2D eigenvalue weighted by molar-refractivity contribution is -0.137. The van der Waals surface area contributed by atoms with Crippen LogP contribution in [-0.4, -0.2) is 25.7 Å². The molecule has 3 heterocycles. The highest BCUT2D eigenvalue weighted by Crippen LogP contribution is 2.43. The van der Waals surface area contributed by atoms with E-state index in [2.05, 4.69) is 20.4 Å². The second kappa shape index (κ2) is 7.86. The van der Waals surface area contributed by atoms with Crippen LogP contribution in [0.3, 0.4) is 0 Å². The fraction of sp³-hybridized carbons (Fsp3) is 0.182. The van der Waals surface area contributed by atoms with Gasteiger partial charge in [0.05, 0.1) is 34.4 Å². The summed E-state index contributed by atoms with van der Waals surface area (Å²) in [5.74, 6) is -0.319. The zero-order valence-electron chi connectivity index (χ0n) is 16.5. The van der Waals surface area contributed by atoms with Crippen molar-refractivity contribution in [2.45, 2.75) is 24.9 Å². The first-order chi connectivity index (χ1) is 15.4. The molecule has 0 spiro atoms. The number of aromatic nitrogens is 4. The highest BCUT2D eigenvalue weighted by molar-refractivity contribution is 7.14. The Bertz CT molecular complexity index is 1280. The Kier molecular flexibility index (Phi) is 5.01. The van der Waals surface area contributed by atoms with Gasteiger partial charge >= 0.3 is 6.18 Å². The van der Waals surface area contributed by atoms with Crippen LogP contribution < -0.4 is 5.32 Å². The third-order valence-electron chi connectivity index (χ3n) is 5.09. The Balaban J connectivity index is 1.43. The normalized spacial score (nSPS) is 13.8. The highest BCUT2D eigenvalue weighted by Gasteiger charge is 2.34. The summed E-state index contributed by atoms with van der Waals surface area (Å²) in [4.78, 5) is 21.6. The minimum Gasteiger partial charge on any atom is -0.298 e. The fourth-order valence-corrected chi connectivity index (χ4v) is 4.13. The third kappa shape index (κ3) is 4.01. The van der Waals surface area contributed by atoms with Gasteiger partial charge in [-0.25, -0.2) is 9.67 Å². The molecule has 32 heavy (non-hydrogen) atoms. The van der Waals surface area contributed by atoms with Crippen LogP contribution in [0.1, 0.15) is 40.4 Å². The standard InChI is InChI=1S/C22H16F3N5OS/c23-22(24,25)14-4-3-5-15(10-14)30-19(13-7-8-13)16(11-27-30)20(31)29-21-28-18(12-32-21)17-6-1-2-9-26-17/h1-6,9-13H,7-8H2,(H,28,29,31). The molecule has 0 bridgehead atoms. The van der Waals surface area contributed by atoms with Crippen LogP contribution in [0.2, 0.25) is 0 Å². The van der Waals surface area contributed by atoms with Gasteiger partial charge in [-0.3, -0.25) is 15.1 Å². The number of rotatable bonds is 5. The van der Waals surface area contributed by atoms with Crippen molar-refractivity contribution in [3.05, 3.63) is 77.1 Å². The Morgan fingerprint density at radius 1 is 1.12 bits per heavy atom. The van der Waals surface area contributed by atoms with Crippen molar-refractivity contribution in [1.82, 2.24) is 19.7 Å². The molecule has 4 aromatic rings. The number of anilines is 1. The summed E-state index contributed by atoms with van der Waals surface area (Å²) in [6.07, 6.45) is 0.310. The quantitative estimate of drug-likeness (QED) is 0.429. The van der Waals surface area contributed by atoms with E-state index in [1.54, 1.807) is 23.7 Å². The molecule has 1 aliphatic rings. The minimum atomic E-state index is -4.46. The largest absolute Gasteiger partial charge is 0.416 e. The molecule has 0 radical (unpaired) electrons. The van der Waals surface area contributed by atoms with E-state index in [0.29, 0.717) is 27.8 Å². The highest BCUT2D eigenvalue weighted by atomic mass is 32.1. The van der Waals surface area contributed by atoms with Crippen molar-refractivity contribution in [1.29, 1.82) is 0 Å². The van der Waals surface area contributed by atoms with E-state index in [4.69, 9.17) is 0 Å². The zero-order valence-corrected chi connectivity index (χ0v) is 17.3. The van der Waals surface area contributed by atoms with Crippen molar-refractivity contribution in [2.75, 3.05) is 5.32 Å². The van der Waals surface area contributed by atoms with Crippen LogP contribution in [0.4, 0.5) is 18.3 Å². The average molecular weight is 455 g/mol. The molecule has 162 valence electrons. The van der Waals surface area contributed by atoms with E-state index < -0.39 is 17.6 Å². The molecule has 1 fully saturated rings. The van der Waals surface area contributed by atoms with Gasteiger partial charge in [0.15, 0.2) is 5.13 Å². The summed E-state index contributed by atoms with van der Waals surface area (Å²) in [5.41, 5.74) is 1.80. The molecule has 1 saturated carbocycles. The van der Waals surface area contributed by atoms with Gasteiger partial charge in [0.1, 0.15) is 5.69 Å². The predicted molar refractivity (Wildman–Crippen MR) is 114 cm³/mol. The first-order valence-corrected chi connectivity index (χ1v) is 10.7. The summed E-state index contributed by atoms with van der Waals surface area (Å²) < 4.78 is 40.9. The number of carbonyl (C=O) groups is 1. The van der Waals surface area contributed by atoms with Crippen molar-refractivity contribution in [2.24, 2.45) is 0 Å². The van der Waals surface area contributed by atoms with Gasteiger partial charge in [-0.05, 0) is 43.2 Å². The van der Waals surface area contributed by atoms with Crippen LogP contribution in [0.25, 0.3) is 17.1 Å². The lowest BCUT2D eigenvalue weighted by Crippen LogP contribution is -2.14. The Labute approximate surface area is 184 Å². The fourth-order valence-electron chi connectivity index (χ4n) is 3.43. The van der Waals surface area contributed by atoms with E-state index >= 15 is 0 Å². The smallest absolute Gasteiger partial charge is 0.298 e. The second-order valence-electron chi connectivity index (χ2n) is 7.38. The molecule has 0 atom stereocenters. The topological polar surface area (TPSA) is 72.7 Å². The van der Waals surface area contributed by atoms with Crippen LogP contribution >= 0.6 is 11.3 Å². The van der Waals surface area contributed by atoms with Gasteiger partial charge < -0.3 is 0 Å². The van der Waals surface area contributed by atoms with E-state index in [-0.39, 0.29) is 11.6 Å². The Morgan fingerprint density at radius 3 is 2.69 bits per heavy atom.